The van der Waals surface area contributed by atoms with E-state index in [4.69, 9.17) is 11.6 Å². The fourth-order valence-electron chi connectivity index (χ4n) is 1.38. The lowest BCUT2D eigenvalue weighted by atomic mass is 10.2. The molecule has 1 N–H and O–H groups in total. The van der Waals surface area contributed by atoms with Gasteiger partial charge < -0.3 is 5.32 Å². The van der Waals surface area contributed by atoms with Crippen molar-refractivity contribution in [1.82, 2.24) is 0 Å². The van der Waals surface area contributed by atoms with Crippen LogP contribution in [0.4, 0.5) is 5.69 Å². The van der Waals surface area contributed by atoms with E-state index in [0.29, 0.717) is 16.1 Å². The van der Waals surface area contributed by atoms with Crippen molar-refractivity contribution in [2.24, 2.45) is 0 Å². The average Bonchev–Trinajstić information content (AvgIpc) is 2.22. The fourth-order valence-corrected chi connectivity index (χ4v) is 2.39. The van der Waals surface area contributed by atoms with E-state index >= 15 is 0 Å². The summed E-state index contributed by atoms with van der Waals surface area (Å²) in [5.41, 5.74) is 0.0960. The molecule has 0 saturated carbocycles. The van der Waals surface area contributed by atoms with Crippen LogP contribution in [-0.2, 0) is 4.79 Å². The molecular weight excluding hydrogens is 246 g/mol. The first-order valence-corrected chi connectivity index (χ1v) is 5.82. The molecule has 0 atom stereocenters. The van der Waals surface area contributed by atoms with E-state index in [1.807, 2.05) is 0 Å². The molecule has 0 spiro atoms. The Labute approximate surface area is 101 Å². The van der Waals surface area contributed by atoms with Crippen LogP contribution in [0.1, 0.15) is 6.92 Å². The summed E-state index contributed by atoms with van der Waals surface area (Å²) in [6, 6.07) is 5.14. The van der Waals surface area contributed by atoms with E-state index in [1.165, 1.54) is 18.3 Å². The molecular formula is C11H8ClNO2S. The summed E-state index contributed by atoms with van der Waals surface area (Å²) in [5.74, 6) is -0.259. The van der Waals surface area contributed by atoms with Crippen LogP contribution in [0.25, 0.3) is 10.1 Å². The second-order valence-electron chi connectivity index (χ2n) is 3.30. The second kappa shape index (κ2) is 4.23. The van der Waals surface area contributed by atoms with Crippen molar-refractivity contribution in [2.45, 2.75) is 6.92 Å². The van der Waals surface area contributed by atoms with Gasteiger partial charge >= 0.3 is 0 Å². The number of nitrogens with one attached hydrogen (secondary N) is 1. The molecule has 1 amide bonds. The Hall–Kier alpha value is -1.39. The van der Waals surface area contributed by atoms with Crippen molar-refractivity contribution in [1.29, 1.82) is 0 Å². The normalized spacial score (nSPS) is 10.4. The lowest BCUT2D eigenvalue weighted by Gasteiger charge is -2.02. The summed E-state index contributed by atoms with van der Waals surface area (Å²) in [6.07, 6.45) is 0. The van der Waals surface area contributed by atoms with Crippen molar-refractivity contribution < 1.29 is 4.79 Å². The summed E-state index contributed by atoms with van der Waals surface area (Å²) in [4.78, 5) is 22.8. The highest BCUT2D eigenvalue weighted by Crippen LogP contribution is 2.22. The molecule has 3 nitrogen and oxygen atoms in total. The lowest BCUT2D eigenvalue weighted by Crippen LogP contribution is -2.14. The lowest BCUT2D eigenvalue weighted by molar-refractivity contribution is -0.114. The summed E-state index contributed by atoms with van der Waals surface area (Å²) in [6.45, 7) is 1.37. The van der Waals surface area contributed by atoms with Crippen molar-refractivity contribution in [3.8, 4) is 0 Å². The van der Waals surface area contributed by atoms with Crippen LogP contribution >= 0.6 is 22.9 Å². The maximum Gasteiger partial charge on any atom is 0.221 e. The average molecular weight is 254 g/mol. The predicted molar refractivity (Wildman–Crippen MR) is 67.4 cm³/mol. The Morgan fingerprint density at radius 2 is 2.19 bits per heavy atom. The molecule has 0 bridgehead atoms. The van der Waals surface area contributed by atoms with Gasteiger partial charge in [-0.2, -0.15) is 0 Å². The molecule has 0 fully saturated rings. The van der Waals surface area contributed by atoms with Crippen molar-refractivity contribution in [3.63, 3.8) is 0 Å². The number of carbonyl (C=O) groups excluding carboxylic acids is 1. The minimum atomic E-state index is -0.259. The molecule has 2 aromatic rings. The van der Waals surface area contributed by atoms with Crippen molar-refractivity contribution in [2.75, 3.05) is 5.32 Å². The van der Waals surface area contributed by atoms with Gasteiger partial charge in [-0.3, -0.25) is 9.59 Å². The Bertz CT molecular complexity index is 621. The zero-order valence-corrected chi connectivity index (χ0v) is 9.98. The van der Waals surface area contributed by atoms with Crippen LogP contribution in [0, 0.1) is 0 Å². The zero-order valence-electron chi connectivity index (χ0n) is 8.41. The molecule has 1 heterocycles. The van der Waals surface area contributed by atoms with Gasteiger partial charge in [-0.1, -0.05) is 11.6 Å². The van der Waals surface area contributed by atoms with E-state index in [1.54, 1.807) is 23.6 Å². The fraction of sp³-hybridized carbons (Fsp3) is 0.0909. The van der Waals surface area contributed by atoms with Gasteiger partial charge in [0.25, 0.3) is 0 Å². The number of hydrogen-bond donors (Lipinski definition) is 1. The monoisotopic (exact) mass is 253 g/mol. The first-order valence-electron chi connectivity index (χ1n) is 4.56. The van der Waals surface area contributed by atoms with E-state index in [2.05, 4.69) is 5.32 Å². The molecule has 82 valence electrons. The van der Waals surface area contributed by atoms with E-state index < -0.39 is 0 Å². The predicted octanol–water partition coefficient (Wildman–Crippen LogP) is 2.87. The third kappa shape index (κ3) is 2.08. The molecule has 0 aliphatic rings. The number of rotatable bonds is 1. The quantitative estimate of drug-likeness (QED) is 0.849. The number of anilines is 1. The molecule has 0 radical (unpaired) electrons. The SMILES string of the molecule is CC(=O)Nc1csc2ccc(Cl)cc2c1=O. The summed E-state index contributed by atoms with van der Waals surface area (Å²) in [5, 5.41) is 5.18. The van der Waals surface area contributed by atoms with E-state index in [9.17, 15) is 9.59 Å². The van der Waals surface area contributed by atoms with Crippen LogP contribution in [0.5, 0.6) is 0 Å². The van der Waals surface area contributed by atoms with Crippen LogP contribution in [-0.4, -0.2) is 5.91 Å². The highest BCUT2D eigenvalue weighted by molar-refractivity contribution is 7.16. The molecule has 0 aliphatic heterocycles. The smallest absolute Gasteiger partial charge is 0.221 e. The molecule has 1 aromatic heterocycles. The first-order chi connectivity index (χ1) is 7.58. The van der Waals surface area contributed by atoms with Crippen LogP contribution in [0.3, 0.4) is 0 Å². The maximum atomic E-state index is 11.9. The Morgan fingerprint density at radius 3 is 2.88 bits per heavy atom. The van der Waals surface area contributed by atoms with Crippen molar-refractivity contribution in [3.05, 3.63) is 38.8 Å². The molecule has 0 unspecified atom stereocenters. The summed E-state index contributed by atoms with van der Waals surface area (Å²) < 4.78 is 0.850. The topological polar surface area (TPSA) is 46.2 Å². The van der Waals surface area contributed by atoms with Crippen LogP contribution in [0.15, 0.2) is 28.4 Å². The van der Waals surface area contributed by atoms with Crippen LogP contribution in [0.2, 0.25) is 5.02 Å². The number of fused-ring (bicyclic) bond motifs is 1. The van der Waals surface area contributed by atoms with Gasteiger partial charge in [0.1, 0.15) is 0 Å². The third-order valence-corrected chi connectivity index (χ3v) is 3.24. The van der Waals surface area contributed by atoms with Gasteiger partial charge in [0.05, 0.1) is 5.69 Å². The second-order valence-corrected chi connectivity index (χ2v) is 4.65. The number of amides is 1. The highest BCUT2D eigenvalue weighted by atomic mass is 35.5. The summed E-state index contributed by atoms with van der Waals surface area (Å²) >= 11 is 7.22. The van der Waals surface area contributed by atoms with Gasteiger partial charge in [-0.05, 0) is 18.2 Å². The third-order valence-electron chi connectivity index (χ3n) is 2.05. The van der Waals surface area contributed by atoms with Crippen LogP contribution < -0.4 is 10.7 Å². The van der Waals surface area contributed by atoms with Gasteiger partial charge in [0.15, 0.2) is 0 Å². The number of benzene rings is 1. The van der Waals surface area contributed by atoms with E-state index in [-0.39, 0.29) is 11.3 Å². The molecule has 0 aliphatic carbocycles. The molecule has 1 aromatic carbocycles. The Morgan fingerprint density at radius 1 is 1.44 bits per heavy atom. The number of carbonyl (C=O) groups is 1. The minimum Gasteiger partial charge on any atom is -0.322 e. The van der Waals surface area contributed by atoms with Gasteiger partial charge in [-0.25, -0.2) is 0 Å². The minimum absolute atomic E-state index is 0.202. The highest BCUT2D eigenvalue weighted by Gasteiger charge is 2.06. The number of hydrogen-bond acceptors (Lipinski definition) is 3. The zero-order chi connectivity index (χ0) is 11.7. The van der Waals surface area contributed by atoms with E-state index in [0.717, 1.165) is 4.70 Å². The van der Waals surface area contributed by atoms with Gasteiger partial charge in [0.2, 0.25) is 11.3 Å². The Kier molecular flexibility index (Phi) is 2.94. The van der Waals surface area contributed by atoms with Gasteiger partial charge in [0, 0.05) is 27.4 Å². The molecule has 16 heavy (non-hydrogen) atoms. The number of halogens is 1. The molecule has 2 rings (SSSR count). The van der Waals surface area contributed by atoms with Gasteiger partial charge in [-0.15, -0.1) is 11.3 Å². The first kappa shape index (κ1) is 11.1. The maximum absolute atomic E-state index is 11.9. The van der Waals surface area contributed by atoms with Crippen molar-refractivity contribution >= 4 is 44.6 Å². The largest absolute Gasteiger partial charge is 0.322 e. The molecule has 0 saturated heterocycles. The molecule has 5 heteroatoms. The summed E-state index contributed by atoms with van der Waals surface area (Å²) in [7, 11) is 0. The standard InChI is InChI=1S/C11H8ClNO2S/c1-6(14)13-9-5-16-10-3-2-7(12)4-8(10)11(9)15/h2-5H,1H3,(H,13,14). The Balaban J connectivity index is 2.68.